The molecule has 5 heteroatoms. The summed E-state index contributed by atoms with van der Waals surface area (Å²) < 4.78 is 6.29. The van der Waals surface area contributed by atoms with E-state index in [1.165, 1.54) is 0 Å². The van der Waals surface area contributed by atoms with Crippen molar-refractivity contribution in [2.24, 2.45) is 0 Å². The van der Waals surface area contributed by atoms with Crippen LogP contribution in [-0.4, -0.2) is 49.0 Å². The quantitative estimate of drug-likeness (QED) is 0.805. The Kier molecular flexibility index (Phi) is 5.67. The zero-order valence-corrected chi connectivity index (χ0v) is 17.6. The molecule has 1 aliphatic heterocycles. The number of aliphatic hydroxyl groups is 1. The molecule has 0 amide bonds. The van der Waals surface area contributed by atoms with Crippen molar-refractivity contribution in [3.8, 4) is 0 Å². The Morgan fingerprint density at radius 2 is 1.56 bits per heavy atom. The third-order valence-corrected chi connectivity index (χ3v) is 7.30. The first-order valence-corrected chi connectivity index (χ1v) is 12.7. The summed E-state index contributed by atoms with van der Waals surface area (Å²) in [6.07, 6.45) is 0.247. The van der Waals surface area contributed by atoms with Crippen molar-refractivity contribution in [2.45, 2.75) is 44.7 Å². The van der Waals surface area contributed by atoms with Gasteiger partial charge in [-0.3, -0.25) is 9.69 Å². The maximum absolute atomic E-state index is 13.7. The average Bonchev–Trinajstić information content (AvgIpc) is 2.66. The van der Waals surface area contributed by atoms with E-state index >= 15 is 0 Å². The highest BCUT2D eigenvalue weighted by atomic mass is 28.4. The Balaban J connectivity index is 2.04. The molecule has 1 N–H and O–H groups in total. The van der Waals surface area contributed by atoms with E-state index in [0.29, 0.717) is 23.7 Å². The Hall–Kier alpha value is -1.79. The molecule has 0 aliphatic carbocycles. The second kappa shape index (κ2) is 7.68. The maximum atomic E-state index is 13.7. The first kappa shape index (κ1) is 20.0. The van der Waals surface area contributed by atoms with Crippen LogP contribution >= 0.6 is 0 Å². The van der Waals surface area contributed by atoms with Crippen molar-refractivity contribution in [2.75, 3.05) is 12.7 Å². The molecule has 3 rings (SSSR count). The number of hydrogen-bond donors (Lipinski definition) is 1. The van der Waals surface area contributed by atoms with Crippen LogP contribution in [0, 0.1) is 0 Å². The lowest BCUT2D eigenvalue weighted by atomic mass is 9.80. The highest BCUT2D eigenvalue weighted by Gasteiger charge is 2.48. The second-order valence-corrected chi connectivity index (χ2v) is 12.3. The lowest BCUT2D eigenvalue weighted by Crippen LogP contribution is -2.62. The van der Waals surface area contributed by atoms with Crippen LogP contribution in [-0.2, 0) is 14.8 Å². The standard InChI is InChI=1S/C22H29NO3Si/c1-17(2)23-15-20(26-27(3,4)16-23)21(24)22(25,18-11-7-5-8-12-18)19-13-9-6-10-14-19/h5-14,17,20,25H,15-16H2,1-4H3. The number of Topliss-reactive ketones (excluding diaryl/α,β-unsaturated/α-hetero) is 1. The SMILES string of the molecule is CC(C)N1CC(C(=O)C(O)(c2ccccc2)c2ccccc2)O[Si](C)(C)C1. The van der Waals surface area contributed by atoms with Crippen LogP contribution in [0.15, 0.2) is 60.7 Å². The van der Waals surface area contributed by atoms with Gasteiger partial charge in [0.25, 0.3) is 0 Å². The predicted molar refractivity (Wildman–Crippen MR) is 110 cm³/mol. The Morgan fingerprint density at radius 3 is 2.00 bits per heavy atom. The van der Waals surface area contributed by atoms with Gasteiger partial charge in [0.15, 0.2) is 5.60 Å². The number of hydrogen-bond acceptors (Lipinski definition) is 4. The van der Waals surface area contributed by atoms with E-state index in [4.69, 9.17) is 4.43 Å². The predicted octanol–water partition coefficient (Wildman–Crippen LogP) is 3.35. The Labute approximate surface area is 162 Å². The number of nitrogens with zero attached hydrogens (tertiary/aromatic N) is 1. The van der Waals surface area contributed by atoms with Crippen LogP contribution in [0.1, 0.15) is 25.0 Å². The average molecular weight is 384 g/mol. The lowest BCUT2D eigenvalue weighted by molar-refractivity contribution is -0.144. The van der Waals surface area contributed by atoms with Gasteiger partial charge in [-0.15, -0.1) is 0 Å². The molecule has 0 aromatic heterocycles. The van der Waals surface area contributed by atoms with Crippen LogP contribution in [0.3, 0.4) is 0 Å². The van der Waals surface area contributed by atoms with E-state index < -0.39 is 20.0 Å². The topological polar surface area (TPSA) is 49.8 Å². The zero-order chi connectivity index (χ0) is 19.7. The molecule has 1 saturated heterocycles. The molecule has 1 aliphatic rings. The summed E-state index contributed by atoms with van der Waals surface area (Å²) in [5.74, 6) is -0.286. The van der Waals surface area contributed by atoms with Gasteiger partial charge in [0.05, 0.1) is 0 Å². The number of carbonyl (C=O) groups excluding carboxylic acids is 1. The summed E-state index contributed by atoms with van der Waals surface area (Å²) in [4.78, 5) is 16.0. The first-order valence-electron chi connectivity index (χ1n) is 9.53. The molecular formula is C22H29NO3Si. The molecule has 0 radical (unpaired) electrons. The second-order valence-electron chi connectivity index (χ2n) is 8.20. The summed E-state index contributed by atoms with van der Waals surface area (Å²) in [5.41, 5.74) is -0.575. The van der Waals surface area contributed by atoms with Gasteiger partial charge in [-0.2, -0.15) is 0 Å². The van der Waals surface area contributed by atoms with Crippen LogP contribution in [0.2, 0.25) is 13.1 Å². The van der Waals surface area contributed by atoms with Gasteiger partial charge in [0.2, 0.25) is 14.1 Å². The van der Waals surface area contributed by atoms with E-state index in [-0.39, 0.29) is 5.78 Å². The van der Waals surface area contributed by atoms with Crippen molar-refractivity contribution in [1.29, 1.82) is 0 Å². The largest absolute Gasteiger partial charge is 0.405 e. The van der Waals surface area contributed by atoms with Crippen LogP contribution in [0.4, 0.5) is 0 Å². The van der Waals surface area contributed by atoms with Gasteiger partial charge in [-0.1, -0.05) is 60.7 Å². The van der Waals surface area contributed by atoms with E-state index in [1.54, 1.807) is 24.3 Å². The lowest BCUT2D eigenvalue weighted by Gasteiger charge is -2.44. The monoisotopic (exact) mass is 383 g/mol. The van der Waals surface area contributed by atoms with Crippen molar-refractivity contribution in [3.63, 3.8) is 0 Å². The molecule has 1 fully saturated rings. The van der Waals surface area contributed by atoms with Crippen molar-refractivity contribution >= 4 is 14.1 Å². The maximum Gasteiger partial charge on any atom is 0.202 e. The molecular weight excluding hydrogens is 354 g/mol. The summed E-state index contributed by atoms with van der Waals surface area (Å²) >= 11 is 0. The van der Waals surface area contributed by atoms with Gasteiger partial charge in [0.1, 0.15) is 6.10 Å². The summed E-state index contributed by atoms with van der Waals surface area (Å²) in [6, 6.07) is 18.7. The molecule has 27 heavy (non-hydrogen) atoms. The molecule has 144 valence electrons. The van der Waals surface area contributed by atoms with Crippen molar-refractivity contribution < 1.29 is 14.3 Å². The fourth-order valence-corrected chi connectivity index (χ4v) is 6.30. The molecule has 1 unspecified atom stereocenters. The molecule has 0 bridgehead atoms. The van der Waals surface area contributed by atoms with Gasteiger partial charge >= 0.3 is 0 Å². The fourth-order valence-electron chi connectivity index (χ4n) is 3.80. The van der Waals surface area contributed by atoms with Gasteiger partial charge in [0, 0.05) is 18.8 Å². The van der Waals surface area contributed by atoms with Crippen LogP contribution in [0.25, 0.3) is 0 Å². The van der Waals surface area contributed by atoms with Gasteiger partial charge in [-0.05, 0) is 38.1 Å². The normalized spacial score (nSPS) is 20.6. The number of carbonyl (C=O) groups is 1. The summed E-state index contributed by atoms with van der Waals surface area (Å²) in [6.45, 7) is 9.04. The third-order valence-electron chi connectivity index (χ3n) is 5.21. The highest BCUT2D eigenvalue weighted by molar-refractivity contribution is 6.71. The molecule has 1 atom stereocenters. The van der Waals surface area contributed by atoms with Gasteiger partial charge in [-0.25, -0.2) is 0 Å². The van der Waals surface area contributed by atoms with Crippen molar-refractivity contribution in [1.82, 2.24) is 4.90 Å². The van der Waals surface area contributed by atoms with Crippen molar-refractivity contribution in [3.05, 3.63) is 71.8 Å². The number of benzene rings is 2. The fraction of sp³-hybridized carbons (Fsp3) is 0.409. The summed E-state index contributed by atoms with van der Waals surface area (Å²) in [5, 5.41) is 11.7. The molecule has 1 heterocycles. The molecule has 0 spiro atoms. The molecule has 4 nitrogen and oxygen atoms in total. The van der Waals surface area contributed by atoms with E-state index in [1.807, 2.05) is 36.4 Å². The smallest absolute Gasteiger partial charge is 0.202 e. The molecule has 0 saturated carbocycles. The Bertz CT molecular complexity index is 737. The van der Waals surface area contributed by atoms with Crippen LogP contribution in [0.5, 0.6) is 0 Å². The molecule has 2 aromatic carbocycles. The highest BCUT2D eigenvalue weighted by Crippen LogP contribution is 2.34. The Morgan fingerprint density at radius 1 is 1.07 bits per heavy atom. The van der Waals surface area contributed by atoms with E-state index in [2.05, 4.69) is 31.8 Å². The number of ketones is 1. The van der Waals surface area contributed by atoms with Crippen LogP contribution < -0.4 is 0 Å². The minimum atomic E-state index is -2.03. The third kappa shape index (κ3) is 4.06. The minimum absolute atomic E-state index is 0.286. The first-order chi connectivity index (χ1) is 12.7. The number of rotatable bonds is 5. The minimum Gasteiger partial charge on any atom is -0.405 e. The van der Waals surface area contributed by atoms with Gasteiger partial charge < -0.3 is 9.53 Å². The zero-order valence-electron chi connectivity index (χ0n) is 16.6. The summed E-state index contributed by atoms with van der Waals surface area (Å²) in [7, 11) is -2.03. The molecule has 2 aromatic rings. The van der Waals surface area contributed by atoms with E-state index in [9.17, 15) is 9.90 Å². The van der Waals surface area contributed by atoms with E-state index in [0.717, 1.165) is 6.17 Å².